The summed E-state index contributed by atoms with van der Waals surface area (Å²) < 4.78 is 5.93. The molecule has 0 spiro atoms. The Morgan fingerprint density at radius 3 is 2.28 bits per heavy atom. The van der Waals surface area contributed by atoms with E-state index in [4.69, 9.17) is 4.74 Å². The predicted octanol–water partition coefficient (Wildman–Crippen LogP) is 5.26. The van der Waals surface area contributed by atoms with Crippen LogP contribution in [0.4, 0.5) is 0 Å². The Kier molecular flexibility index (Phi) is 7.76. The Morgan fingerprint density at radius 2 is 1.53 bits per heavy atom. The summed E-state index contributed by atoms with van der Waals surface area (Å²) in [4.78, 5) is 0. The second kappa shape index (κ2) is 11.1. The molecule has 32 heavy (non-hydrogen) atoms. The molecule has 0 saturated heterocycles. The third-order valence-electron chi connectivity index (χ3n) is 6.20. The van der Waals surface area contributed by atoms with Crippen molar-refractivity contribution in [1.29, 1.82) is 0 Å². The van der Waals surface area contributed by atoms with Crippen LogP contribution < -0.4 is 10.1 Å². The summed E-state index contributed by atoms with van der Waals surface area (Å²) in [5.41, 5.74) is 4.48. The highest BCUT2D eigenvalue weighted by Crippen LogP contribution is 2.28. The highest BCUT2D eigenvalue weighted by Gasteiger charge is 2.26. The molecule has 1 aliphatic carbocycles. The molecule has 0 heterocycles. The van der Waals surface area contributed by atoms with Crippen LogP contribution >= 0.6 is 0 Å². The minimum absolute atomic E-state index is 0.585. The van der Waals surface area contributed by atoms with Gasteiger partial charge in [-0.1, -0.05) is 78.9 Å². The van der Waals surface area contributed by atoms with E-state index in [-0.39, 0.29) is 0 Å². The molecule has 2 N–H and O–H groups in total. The van der Waals surface area contributed by atoms with Crippen molar-refractivity contribution in [2.24, 2.45) is 0 Å². The zero-order valence-electron chi connectivity index (χ0n) is 18.7. The van der Waals surface area contributed by atoms with Crippen LogP contribution in [-0.2, 0) is 25.9 Å². The monoisotopic (exact) mass is 427 g/mol. The van der Waals surface area contributed by atoms with Crippen molar-refractivity contribution in [1.82, 2.24) is 5.32 Å². The molecule has 0 amide bonds. The van der Waals surface area contributed by atoms with Crippen LogP contribution in [0.25, 0.3) is 0 Å². The SMILES string of the molecule is OC1(C=CCNCCc2cccc(OCc3ccccc3)c2)CCc2ccccc2CC1. The molecular weight excluding hydrogens is 394 g/mol. The van der Waals surface area contributed by atoms with Gasteiger partial charge in [0.05, 0.1) is 5.60 Å². The molecule has 0 fully saturated rings. The van der Waals surface area contributed by atoms with Gasteiger partial charge in [0.2, 0.25) is 0 Å². The van der Waals surface area contributed by atoms with E-state index in [9.17, 15) is 5.11 Å². The summed E-state index contributed by atoms with van der Waals surface area (Å²) in [5.74, 6) is 0.905. The summed E-state index contributed by atoms with van der Waals surface area (Å²) in [7, 11) is 0. The second-order valence-electron chi connectivity index (χ2n) is 8.65. The maximum Gasteiger partial charge on any atom is 0.120 e. The average molecular weight is 428 g/mol. The molecule has 3 heteroatoms. The van der Waals surface area contributed by atoms with E-state index in [1.807, 2.05) is 30.3 Å². The van der Waals surface area contributed by atoms with Crippen molar-refractivity contribution in [2.45, 2.75) is 44.3 Å². The van der Waals surface area contributed by atoms with Crippen molar-refractivity contribution >= 4 is 0 Å². The summed E-state index contributed by atoms with van der Waals surface area (Å²) >= 11 is 0. The first kappa shape index (κ1) is 22.3. The average Bonchev–Trinajstić information content (AvgIpc) is 3.00. The lowest BCUT2D eigenvalue weighted by molar-refractivity contribution is 0.0754. The van der Waals surface area contributed by atoms with E-state index in [1.54, 1.807) is 0 Å². The maximum absolute atomic E-state index is 11.0. The summed E-state index contributed by atoms with van der Waals surface area (Å²) in [6, 6.07) is 27.1. The summed E-state index contributed by atoms with van der Waals surface area (Å²) in [6.45, 7) is 2.23. The summed E-state index contributed by atoms with van der Waals surface area (Å²) in [5, 5.41) is 14.5. The van der Waals surface area contributed by atoms with Gasteiger partial charge in [0, 0.05) is 6.54 Å². The fourth-order valence-electron chi connectivity index (χ4n) is 4.27. The number of rotatable bonds is 9. The molecule has 0 aliphatic heterocycles. The number of hydrogen-bond acceptors (Lipinski definition) is 3. The first-order valence-electron chi connectivity index (χ1n) is 11.6. The van der Waals surface area contributed by atoms with Crippen LogP contribution in [0.5, 0.6) is 5.75 Å². The maximum atomic E-state index is 11.0. The molecule has 4 rings (SSSR count). The fourth-order valence-corrected chi connectivity index (χ4v) is 4.27. The minimum atomic E-state index is -0.703. The van der Waals surface area contributed by atoms with Gasteiger partial charge >= 0.3 is 0 Å². The predicted molar refractivity (Wildman–Crippen MR) is 131 cm³/mol. The summed E-state index contributed by atoms with van der Waals surface area (Å²) in [6.07, 6.45) is 8.47. The number of fused-ring (bicyclic) bond motifs is 1. The molecule has 0 atom stereocenters. The van der Waals surface area contributed by atoms with Crippen molar-refractivity contribution in [2.75, 3.05) is 13.1 Å². The topological polar surface area (TPSA) is 41.5 Å². The lowest BCUT2D eigenvalue weighted by atomic mass is 9.93. The smallest absolute Gasteiger partial charge is 0.120 e. The Hall–Kier alpha value is -2.88. The van der Waals surface area contributed by atoms with Crippen LogP contribution in [-0.4, -0.2) is 23.8 Å². The third-order valence-corrected chi connectivity index (χ3v) is 6.20. The lowest BCUT2D eigenvalue weighted by Crippen LogP contribution is -2.26. The molecule has 1 aliphatic rings. The lowest BCUT2D eigenvalue weighted by Gasteiger charge is -2.22. The van der Waals surface area contributed by atoms with Crippen LogP contribution in [0.15, 0.2) is 91.0 Å². The molecular formula is C29H33NO2. The van der Waals surface area contributed by atoms with Crippen LogP contribution in [0.2, 0.25) is 0 Å². The number of aliphatic hydroxyl groups is 1. The van der Waals surface area contributed by atoms with Crippen LogP contribution in [0.1, 0.15) is 35.1 Å². The first-order valence-corrected chi connectivity index (χ1v) is 11.6. The van der Waals surface area contributed by atoms with Gasteiger partial charge in [-0.05, 0) is 73.0 Å². The standard InChI is InChI=1S/C29H33NO2/c31-29(18-14-26-11-4-5-12-27(26)15-19-29)17-7-20-30-21-16-24-10-6-13-28(22-24)32-23-25-8-2-1-3-9-25/h1-13,17,22,30-31H,14-16,18-21,23H2. The Balaban J connectivity index is 1.18. The van der Waals surface area contributed by atoms with E-state index in [0.717, 1.165) is 50.9 Å². The van der Waals surface area contributed by atoms with Gasteiger partial charge in [0.15, 0.2) is 0 Å². The van der Waals surface area contributed by atoms with Crippen molar-refractivity contribution < 1.29 is 9.84 Å². The Labute approximate surface area is 191 Å². The third kappa shape index (κ3) is 6.56. The fraction of sp³-hybridized carbons (Fsp3) is 0.310. The van der Waals surface area contributed by atoms with E-state index in [2.05, 4.69) is 66.0 Å². The zero-order valence-corrected chi connectivity index (χ0v) is 18.7. The van der Waals surface area contributed by atoms with E-state index in [0.29, 0.717) is 6.61 Å². The van der Waals surface area contributed by atoms with E-state index < -0.39 is 5.60 Å². The van der Waals surface area contributed by atoms with Gasteiger partial charge in [-0.15, -0.1) is 0 Å². The van der Waals surface area contributed by atoms with Gasteiger partial charge in [0.25, 0.3) is 0 Å². The normalized spacial score (nSPS) is 15.3. The Morgan fingerprint density at radius 1 is 0.844 bits per heavy atom. The second-order valence-corrected chi connectivity index (χ2v) is 8.65. The van der Waals surface area contributed by atoms with Gasteiger partial charge in [-0.2, -0.15) is 0 Å². The molecule has 0 bridgehead atoms. The van der Waals surface area contributed by atoms with Crippen LogP contribution in [0, 0.1) is 0 Å². The Bertz CT molecular complexity index is 985. The number of nitrogens with one attached hydrogen (secondary N) is 1. The van der Waals surface area contributed by atoms with E-state index in [1.165, 1.54) is 22.3 Å². The van der Waals surface area contributed by atoms with Gasteiger partial charge in [0.1, 0.15) is 12.4 Å². The number of benzene rings is 3. The quantitative estimate of drug-likeness (QED) is 0.278. The van der Waals surface area contributed by atoms with Crippen LogP contribution in [0.3, 0.4) is 0 Å². The largest absolute Gasteiger partial charge is 0.489 e. The highest BCUT2D eigenvalue weighted by atomic mass is 16.5. The van der Waals surface area contributed by atoms with Crippen molar-refractivity contribution in [3.8, 4) is 5.75 Å². The minimum Gasteiger partial charge on any atom is -0.489 e. The molecule has 3 aromatic carbocycles. The van der Waals surface area contributed by atoms with Crippen molar-refractivity contribution in [3.63, 3.8) is 0 Å². The number of hydrogen-bond donors (Lipinski definition) is 2. The first-order chi connectivity index (χ1) is 15.7. The van der Waals surface area contributed by atoms with E-state index >= 15 is 0 Å². The molecule has 0 radical (unpaired) electrons. The van der Waals surface area contributed by atoms with Gasteiger partial charge < -0.3 is 15.2 Å². The van der Waals surface area contributed by atoms with Gasteiger partial charge in [-0.3, -0.25) is 0 Å². The van der Waals surface area contributed by atoms with Gasteiger partial charge in [-0.25, -0.2) is 0 Å². The van der Waals surface area contributed by atoms with Crippen molar-refractivity contribution in [3.05, 3.63) is 113 Å². The molecule has 3 nitrogen and oxygen atoms in total. The number of ether oxygens (including phenoxy) is 1. The number of aryl methyl sites for hydroxylation is 2. The molecule has 0 aromatic heterocycles. The zero-order chi connectivity index (χ0) is 22.1. The highest BCUT2D eigenvalue weighted by molar-refractivity contribution is 5.30. The molecule has 0 saturated carbocycles. The molecule has 0 unspecified atom stereocenters. The molecule has 166 valence electrons. The molecule has 3 aromatic rings.